The molecule has 3 atom stereocenters. The summed E-state index contributed by atoms with van der Waals surface area (Å²) < 4.78 is 6.43. The first-order chi connectivity index (χ1) is 11.7. The standard InChI is InChI=1S/C21H29NO2/c1-24-21-10-3-2-9-20(21)11-12-22(14-15-7-8-15)18(21)13-16-5-4-6-17(23)19(16)20/h4-6,15,18,23H,2-3,7-14H2,1H3/t18-,20-,21+/m0/s1. The second kappa shape index (κ2) is 5.22. The van der Waals surface area contributed by atoms with E-state index in [0.717, 1.165) is 25.2 Å². The zero-order valence-corrected chi connectivity index (χ0v) is 14.8. The largest absolute Gasteiger partial charge is 0.508 e. The molecule has 1 aliphatic heterocycles. The third-order valence-electron chi connectivity index (χ3n) is 7.59. The molecule has 1 aromatic rings. The maximum absolute atomic E-state index is 10.8. The van der Waals surface area contributed by atoms with Crippen LogP contribution in [0, 0.1) is 5.92 Å². The Morgan fingerprint density at radius 1 is 1.21 bits per heavy atom. The third-order valence-corrected chi connectivity index (χ3v) is 7.59. The molecule has 1 N–H and O–H groups in total. The van der Waals surface area contributed by atoms with Gasteiger partial charge in [-0.05, 0) is 62.6 Å². The van der Waals surface area contributed by atoms with Gasteiger partial charge in [0, 0.05) is 30.7 Å². The number of likely N-dealkylation sites (tertiary alicyclic amines) is 1. The fourth-order valence-electron chi connectivity index (χ4n) is 6.43. The first kappa shape index (κ1) is 15.2. The van der Waals surface area contributed by atoms with Crippen LogP contribution in [0.3, 0.4) is 0 Å². The second-order valence-electron chi connectivity index (χ2n) is 8.60. The molecular weight excluding hydrogens is 298 g/mol. The van der Waals surface area contributed by atoms with Crippen molar-refractivity contribution in [3.63, 3.8) is 0 Å². The van der Waals surface area contributed by atoms with E-state index in [-0.39, 0.29) is 11.0 Å². The predicted molar refractivity (Wildman–Crippen MR) is 94.4 cm³/mol. The van der Waals surface area contributed by atoms with Crippen molar-refractivity contribution in [3.05, 3.63) is 29.3 Å². The highest BCUT2D eigenvalue weighted by Crippen LogP contribution is 2.61. The molecule has 130 valence electrons. The number of aromatic hydroxyl groups is 1. The van der Waals surface area contributed by atoms with Crippen molar-refractivity contribution in [3.8, 4) is 5.75 Å². The molecule has 24 heavy (non-hydrogen) atoms. The van der Waals surface area contributed by atoms with E-state index in [1.165, 1.54) is 56.3 Å². The van der Waals surface area contributed by atoms with Crippen LogP contribution in [0.15, 0.2) is 18.2 Å². The van der Waals surface area contributed by atoms with E-state index in [1.807, 2.05) is 19.2 Å². The normalized spacial score (nSPS) is 38.5. The Kier molecular flexibility index (Phi) is 3.31. The topological polar surface area (TPSA) is 32.7 Å². The Hall–Kier alpha value is -1.06. The summed E-state index contributed by atoms with van der Waals surface area (Å²) in [4.78, 5) is 2.75. The molecule has 2 saturated carbocycles. The molecule has 0 aromatic heterocycles. The summed E-state index contributed by atoms with van der Waals surface area (Å²) in [6.45, 7) is 2.42. The number of methoxy groups -OCH3 is 1. The molecule has 5 rings (SSSR count). The van der Waals surface area contributed by atoms with Gasteiger partial charge in [0.25, 0.3) is 0 Å². The van der Waals surface area contributed by atoms with Gasteiger partial charge in [-0.15, -0.1) is 0 Å². The number of ether oxygens (including phenoxy) is 1. The summed E-state index contributed by atoms with van der Waals surface area (Å²) in [7, 11) is 1.93. The van der Waals surface area contributed by atoms with Crippen molar-refractivity contribution in [2.24, 2.45) is 5.92 Å². The number of piperidine rings is 1. The Balaban J connectivity index is 1.68. The Morgan fingerprint density at radius 2 is 2.04 bits per heavy atom. The smallest absolute Gasteiger partial charge is 0.119 e. The van der Waals surface area contributed by atoms with E-state index in [0.29, 0.717) is 11.8 Å². The van der Waals surface area contributed by atoms with Crippen LogP contribution >= 0.6 is 0 Å². The lowest BCUT2D eigenvalue weighted by Crippen LogP contribution is -2.73. The van der Waals surface area contributed by atoms with Crippen molar-refractivity contribution >= 4 is 0 Å². The van der Waals surface area contributed by atoms with E-state index >= 15 is 0 Å². The minimum Gasteiger partial charge on any atom is -0.508 e. The van der Waals surface area contributed by atoms with Crippen LogP contribution in [0.2, 0.25) is 0 Å². The van der Waals surface area contributed by atoms with Gasteiger partial charge in [-0.25, -0.2) is 0 Å². The van der Waals surface area contributed by atoms with E-state index in [2.05, 4.69) is 11.0 Å². The monoisotopic (exact) mass is 327 g/mol. The first-order valence-corrected chi connectivity index (χ1v) is 9.81. The fourth-order valence-corrected chi connectivity index (χ4v) is 6.43. The molecule has 0 amide bonds. The van der Waals surface area contributed by atoms with Gasteiger partial charge in [-0.3, -0.25) is 4.90 Å². The summed E-state index contributed by atoms with van der Waals surface area (Å²) in [5.74, 6) is 1.42. The lowest BCUT2D eigenvalue weighted by molar-refractivity contribution is -0.186. The van der Waals surface area contributed by atoms with Crippen molar-refractivity contribution in [1.29, 1.82) is 0 Å². The van der Waals surface area contributed by atoms with Crippen molar-refractivity contribution in [2.45, 2.75) is 68.4 Å². The summed E-state index contributed by atoms with van der Waals surface area (Å²) in [6.07, 6.45) is 9.81. The molecule has 3 heteroatoms. The summed E-state index contributed by atoms with van der Waals surface area (Å²) in [5, 5.41) is 10.8. The molecule has 1 saturated heterocycles. The lowest BCUT2D eigenvalue weighted by atomic mass is 9.49. The van der Waals surface area contributed by atoms with E-state index in [1.54, 1.807) is 0 Å². The summed E-state index contributed by atoms with van der Waals surface area (Å²) >= 11 is 0. The van der Waals surface area contributed by atoms with Crippen molar-refractivity contribution < 1.29 is 9.84 Å². The van der Waals surface area contributed by atoms with Gasteiger partial charge < -0.3 is 9.84 Å². The average molecular weight is 327 g/mol. The minimum atomic E-state index is -0.107. The summed E-state index contributed by atoms with van der Waals surface area (Å²) in [5.41, 5.74) is 2.51. The van der Waals surface area contributed by atoms with Gasteiger partial charge in [0.15, 0.2) is 0 Å². The van der Waals surface area contributed by atoms with Gasteiger partial charge in [0.1, 0.15) is 5.75 Å². The second-order valence-corrected chi connectivity index (χ2v) is 8.60. The molecule has 2 bridgehead atoms. The number of nitrogens with zero attached hydrogens (tertiary/aromatic N) is 1. The molecule has 1 aromatic carbocycles. The zero-order chi connectivity index (χ0) is 16.4. The molecule has 0 unspecified atom stereocenters. The predicted octanol–water partition coefficient (Wildman–Crippen LogP) is 3.63. The highest BCUT2D eigenvalue weighted by molar-refractivity contribution is 5.52. The van der Waals surface area contributed by atoms with E-state index in [9.17, 15) is 5.11 Å². The third kappa shape index (κ3) is 1.86. The summed E-state index contributed by atoms with van der Waals surface area (Å²) in [6, 6.07) is 6.64. The lowest BCUT2D eigenvalue weighted by Gasteiger charge is -2.65. The Bertz CT molecular complexity index is 655. The molecule has 3 nitrogen and oxygen atoms in total. The van der Waals surface area contributed by atoms with Crippen LogP contribution in [-0.2, 0) is 16.6 Å². The van der Waals surface area contributed by atoms with Gasteiger partial charge in [-0.1, -0.05) is 25.0 Å². The highest BCUT2D eigenvalue weighted by atomic mass is 16.5. The van der Waals surface area contributed by atoms with Crippen LogP contribution in [0.1, 0.15) is 56.1 Å². The molecule has 0 spiro atoms. The molecule has 4 aliphatic rings. The maximum atomic E-state index is 10.8. The van der Waals surface area contributed by atoms with Crippen LogP contribution in [0.4, 0.5) is 0 Å². The fraction of sp³-hybridized carbons (Fsp3) is 0.714. The molecule has 0 radical (unpaired) electrons. The molecular formula is C21H29NO2. The van der Waals surface area contributed by atoms with Crippen molar-refractivity contribution in [1.82, 2.24) is 4.90 Å². The van der Waals surface area contributed by atoms with Gasteiger partial charge >= 0.3 is 0 Å². The van der Waals surface area contributed by atoms with Crippen LogP contribution in [-0.4, -0.2) is 41.8 Å². The SMILES string of the molecule is CO[C@@]12CCCC[C@@]13CCN(CC1CC1)[C@H]2Cc1cccc(O)c13. The maximum Gasteiger partial charge on any atom is 0.119 e. The van der Waals surface area contributed by atoms with E-state index < -0.39 is 0 Å². The van der Waals surface area contributed by atoms with E-state index in [4.69, 9.17) is 4.74 Å². The quantitative estimate of drug-likeness (QED) is 0.920. The number of fused-ring (bicyclic) bond motifs is 1. The Labute approximate surface area is 145 Å². The van der Waals surface area contributed by atoms with Crippen molar-refractivity contribution in [2.75, 3.05) is 20.2 Å². The van der Waals surface area contributed by atoms with Crippen LogP contribution in [0.25, 0.3) is 0 Å². The minimum absolute atomic E-state index is 0.0175. The number of rotatable bonds is 3. The molecule has 3 aliphatic carbocycles. The average Bonchev–Trinajstić information content (AvgIpc) is 3.41. The van der Waals surface area contributed by atoms with Crippen LogP contribution in [0.5, 0.6) is 5.75 Å². The van der Waals surface area contributed by atoms with Gasteiger partial charge in [0.2, 0.25) is 0 Å². The number of phenols is 1. The number of phenolic OH excluding ortho intramolecular Hbond substituents is 1. The number of hydrogen-bond acceptors (Lipinski definition) is 3. The highest BCUT2D eigenvalue weighted by Gasteiger charge is 2.65. The van der Waals surface area contributed by atoms with Crippen LogP contribution < -0.4 is 0 Å². The molecule has 1 heterocycles. The number of benzene rings is 1. The zero-order valence-electron chi connectivity index (χ0n) is 14.8. The van der Waals surface area contributed by atoms with Gasteiger partial charge in [-0.2, -0.15) is 0 Å². The number of hydrogen-bond donors (Lipinski definition) is 1. The van der Waals surface area contributed by atoms with Gasteiger partial charge in [0.05, 0.1) is 5.60 Å². The molecule has 3 fully saturated rings. The Morgan fingerprint density at radius 3 is 2.83 bits per heavy atom. The first-order valence-electron chi connectivity index (χ1n) is 9.81.